The molecule has 2 aliphatic heterocycles. The van der Waals surface area contributed by atoms with Crippen LogP contribution in [0, 0.1) is 6.92 Å². The number of benzene rings is 2. The topological polar surface area (TPSA) is 38.8 Å². The van der Waals surface area contributed by atoms with Crippen molar-refractivity contribution in [3.8, 4) is 0 Å². The minimum absolute atomic E-state index is 0. The number of hydrogen-bond acceptors (Lipinski definition) is 4. The molecule has 7 heteroatoms. The number of piperazine rings is 1. The molecule has 0 radical (unpaired) electrons. The van der Waals surface area contributed by atoms with E-state index in [1.165, 1.54) is 11.3 Å². The lowest BCUT2D eigenvalue weighted by Gasteiger charge is -2.37. The van der Waals surface area contributed by atoms with E-state index in [2.05, 4.69) is 46.3 Å². The smallest absolute Gasteiger partial charge is 0.223 e. The van der Waals surface area contributed by atoms with Gasteiger partial charge in [0.1, 0.15) is 0 Å². The van der Waals surface area contributed by atoms with Crippen LogP contribution in [0.15, 0.2) is 42.5 Å². The van der Waals surface area contributed by atoms with Crippen LogP contribution in [0.2, 0.25) is 10.0 Å². The van der Waals surface area contributed by atoms with Crippen molar-refractivity contribution in [3.63, 3.8) is 0 Å². The number of carbonyl (C=O) groups excluding carboxylic acids is 1. The molecule has 0 aliphatic carbocycles. The number of halogens is 2. The summed E-state index contributed by atoms with van der Waals surface area (Å²) < 4.78 is 0. The van der Waals surface area contributed by atoms with E-state index < -0.39 is 0 Å². The molecule has 33 heavy (non-hydrogen) atoms. The summed E-state index contributed by atoms with van der Waals surface area (Å²) in [5, 5.41) is 4.64. The minimum Gasteiger partial charge on any atom is -0.382 e. The highest BCUT2D eigenvalue weighted by atomic mass is 35.5. The molecule has 4 rings (SSSR count). The van der Waals surface area contributed by atoms with Crippen LogP contribution in [0.3, 0.4) is 0 Å². The Labute approximate surface area is 208 Å². The highest BCUT2D eigenvalue weighted by Gasteiger charge is 2.24. The predicted octanol–water partition coefficient (Wildman–Crippen LogP) is 5.55. The lowest BCUT2D eigenvalue weighted by molar-refractivity contribution is -0.132. The maximum atomic E-state index is 12.7. The van der Waals surface area contributed by atoms with E-state index in [1.54, 1.807) is 0 Å². The van der Waals surface area contributed by atoms with Crippen LogP contribution in [-0.4, -0.2) is 67.6 Å². The molecule has 0 aromatic heterocycles. The molecule has 0 spiro atoms. The number of hydrogen-bond donors (Lipinski definition) is 1. The Morgan fingerprint density at radius 3 is 2.24 bits per heavy atom. The fraction of sp³-hybridized carbons (Fsp3) is 0.500. The third kappa shape index (κ3) is 7.02. The molecule has 2 fully saturated rings. The Balaban J connectivity index is 0.00000306. The molecule has 2 saturated heterocycles. The van der Waals surface area contributed by atoms with E-state index in [-0.39, 0.29) is 13.3 Å². The fourth-order valence-electron chi connectivity index (χ4n) is 4.49. The van der Waals surface area contributed by atoms with Gasteiger partial charge in [-0.1, -0.05) is 48.3 Å². The van der Waals surface area contributed by atoms with Gasteiger partial charge in [0.2, 0.25) is 5.91 Å². The van der Waals surface area contributed by atoms with E-state index in [4.69, 9.17) is 23.2 Å². The van der Waals surface area contributed by atoms with Crippen LogP contribution in [-0.2, 0) is 4.79 Å². The van der Waals surface area contributed by atoms with Gasteiger partial charge in [-0.2, -0.15) is 0 Å². The molecule has 2 aromatic rings. The standard InChI is InChI=1S/C25H32Cl2N4O.CH4/c1-19-2-5-22(6-3-19)30-16-14-29(15-17-30)11-10-25(32)31-12-8-20(9-13-31)28-21-4-7-23(26)24(27)18-21;/h2-7,18,20,28H,8-17H2,1H3;1H4. The SMILES string of the molecule is C.Cc1ccc(N2CCN(CCC(=O)N3CCC(Nc4ccc(Cl)c(Cl)c4)CC3)CC2)cc1. The molecule has 2 aliphatic rings. The predicted molar refractivity (Wildman–Crippen MR) is 141 cm³/mol. The van der Waals surface area contributed by atoms with Gasteiger partial charge in [-0.25, -0.2) is 0 Å². The van der Waals surface area contributed by atoms with Crippen LogP contribution >= 0.6 is 23.2 Å². The van der Waals surface area contributed by atoms with Crippen molar-refractivity contribution >= 4 is 40.5 Å². The highest BCUT2D eigenvalue weighted by molar-refractivity contribution is 6.42. The van der Waals surface area contributed by atoms with Crippen LogP contribution < -0.4 is 10.2 Å². The van der Waals surface area contributed by atoms with Crippen molar-refractivity contribution in [2.75, 3.05) is 56.0 Å². The van der Waals surface area contributed by atoms with E-state index in [9.17, 15) is 4.79 Å². The number of nitrogens with one attached hydrogen (secondary N) is 1. The summed E-state index contributed by atoms with van der Waals surface area (Å²) in [5.41, 5.74) is 3.57. The van der Waals surface area contributed by atoms with Crippen LogP contribution in [0.5, 0.6) is 0 Å². The molecule has 0 atom stereocenters. The van der Waals surface area contributed by atoms with E-state index in [1.807, 2.05) is 23.1 Å². The first-order chi connectivity index (χ1) is 15.5. The second kappa shape index (κ2) is 12.0. The van der Waals surface area contributed by atoms with E-state index >= 15 is 0 Å². The van der Waals surface area contributed by atoms with Gasteiger partial charge < -0.3 is 15.1 Å². The van der Waals surface area contributed by atoms with Gasteiger partial charge in [0.25, 0.3) is 0 Å². The summed E-state index contributed by atoms with van der Waals surface area (Å²) in [6.45, 7) is 8.63. The summed E-state index contributed by atoms with van der Waals surface area (Å²) in [6, 6.07) is 14.7. The Morgan fingerprint density at radius 2 is 1.61 bits per heavy atom. The van der Waals surface area contributed by atoms with Crippen LogP contribution in [0.25, 0.3) is 0 Å². The number of piperidine rings is 1. The number of amides is 1. The molecule has 0 unspecified atom stereocenters. The quantitative estimate of drug-likeness (QED) is 0.575. The number of nitrogens with zero attached hydrogens (tertiary/aromatic N) is 3. The van der Waals surface area contributed by atoms with Gasteiger partial charge in [-0.05, 0) is 50.1 Å². The average Bonchev–Trinajstić information content (AvgIpc) is 2.81. The van der Waals surface area contributed by atoms with Gasteiger partial charge in [0.05, 0.1) is 10.0 Å². The van der Waals surface area contributed by atoms with Crippen molar-refractivity contribution in [3.05, 3.63) is 58.1 Å². The van der Waals surface area contributed by atoms with Crippen molar-refractivity contribution in [1.29, 1.82) is 0 Å². The molecule has 5 nitrogen and oxygen atoms in total. The summed E-state index contributed by atoms with van der Waals surface area (Å²) in [4.78, 5) is 19.6. The third-order valence-corrected chi connectivity index (χ3v) is 7.29. The fourth-order valence-corrected chi connectivity index (χ4v) is 4.79. The zero-order chi connectivity index (χ0) is 22.5. The van der Waals surface area contributed by atoms with Gasteiger partial charge in [-0.15, -0.1) is 0 Å². The molecule has 1 amide bonds. The van der Waals surface area contributed by atoms with Gasteiger partial charge in [0, 0.05) is 69.7 Å². The third-order valence-electron chi connectivity index (χ3n) is 6.55. The molecule has 0 bridgehead atoms. The first kappa shape index (κ1) is 25.7. The lowest BCUT2D eigenvalue weighted by atomic mass is 10.0. The number of likely N-dealkylation sites (tertiary alicyclic amines) is 1. The maximum absolute atomic E-state index is 12.7. The Hall–Kier alpha value is -1.95. The maximum Gasteiger partial charge on any atom is 0.223 e. The molecule has 180 valence electrons. The monoisotopic (exact) mass is 490 g/mol. The zero-order valence-electron chi connectivity index (χ0n) is 18.7. The Kier molecular flexibility index (Phi) is 9.30. The Morgan fingerprint density at radius 1 is 0.939 bits per heavy atom. The second-order valence-corrected chi connectivity index (χ2v) is 9.66. The molecule has 0 saturated carbocycles. The van der Waals surface area contributed by atoms with Crippen molar-refractivity contribution < 1.29 is 4.79 Å². The van der Waals surface area contributed by atoms with Crippen LogP contribution in [0.1, 0.15) is 32.3 Å². The van der Waals surface area contributed by atoms with Gasteiger partial charge in [0.15, 0.2) is 0 Å². The van der Waals surface area contributed by atoms with Crippen molar-refractivity contribution in [2.45, 2.75) is 39.7 Å². The summed E-state index contributed by atoms with van der Waals surface area (Å²) in [5.74, 6) is 0.277. The van der Waals surface area contributed by atoms with E-state index in [0.29, 0.717) is 22.5 Å². The molecular weight excluding hydrogens is 455 g/mol. The first-order valence-electron chi connectivity index (χ1n) is 11.5. The van der Waals surface area contributed by atoms with Gasteiger partial charge in [-0.3, -0.25) is 9.69 Å². The number of rotatable bonds is 6. The highest BCUT2D eigenvalue weighted by Crippen LogP contribution is 2.26. The van der Waals surface area contributed by atoms with Crippen LogP contribution in [0.4, 0.5) is 11.4 Å². The Bertz CT molecular complexity index is 905. The van der Waals surface area contributed by atoms with Crippen molar-refractivity contribution in [2.24, 2.45) is 0 Å². The van der Waals surface area contributed by atoms with Gasteiger partial charge >= 0.3 is 0 Å². The largest absolute Gasteiger partial charge is 0.382 e. The molecule has 2 aromatic carbocycles. The number of carbonyl (C=O) groups is 1. The van der Waals surface area contributed by atoms with E-state index in [0.717, 1.165) is 64.3 Å². The number of aryl methyl sites for hydroxylation is 1. The summed E-state index contributed by atoms with van der Waals surface area (Å²) >= 11 is 12.1. The average molecular weight is 492 g/mol. The second-order valence-electron chi connectivity index (χ2n) is 8.84. The minimum atomic E-state index is 0. The summed E-state index contributed by atoms with van der Waals surface area (Å²) in [7, 11) is 0. The normalized spacial score (nSPS) is 17.5. The summed E-state index contributed by atoms with van der Waals surface area (Å²) in [6.07, 6.45) is 2.50. The van der Waals surface area contributed by atoms with Crippen molar-refractivity contribution in [1.82, 2.24) is 9.80 Å². The molecular formula is C26H36Cl2N4O. The molecule has 1 N–H and O–H groups in total. The number of anilines is 2. The zero-order valence-corrected chi connectivity index (χ0v) is 20.2. The molecule has 2 heterocycles. The lowest BCUT2D eigenvalue weighted by Crippen LogP contribution is -2.48. The first-order valence-corrected chi connectivity index (χ1v) is 12.3.